The summed E-state index contributed by atoms with van der Waals surface area (Å²) in [6.07, 6.45) is 1.70. The van der Waals surface area contributed by atoms with Crippen molar-refractivity contribution in [2.75, 3.05) is 12.0 Å². The molecule has 0 N–H and O–H groups in total. The number of hydrogen-bond acceptors (Lipinski definition) is 3. The number of anilines is 1. The second-order valence-electron chi connectivity index (χ2n) is 6.71. The second-order valence-corrected chi connectivity index (χ2v) is 6.71. The van der Waals surface area contributed by atoms with Crippen LogP contribution in [0.3, 0.4) is 0 Å². The number of rotatable bonds is 6. The van der Waals surface area contributed by atoms with Crippen molar-refractivity contribution in [3.8, 4) is 5.75 Å². The molecule has 4 heteroatoms. The molecule has 0 saturated carbocycles. The highest BCUT2D eigenvalue weighted by molar-refractivity contribution is 6.05. The first-order chi connectivity index (χ1) is 13.1. The summed E-state index contributed by atoms with van der Waals surface area (Å²) in [4.78, 5) is 19.3. The predicted molar refractivity (Wildman–Crippen MR) is 108 cm³/mol. The Kier molecular flexibility index (Phi) is 5.87. The van der Waals surface area contributed by atoms with Crippen LogP contribution in [0.2, 0.25) is 0 Å². The van der Waals surface area contributed by atoms with Crippen LogP contribution in [0, 0.1) is 0 Å². The molecule has 0 fully saturated rings. The molecule has 1 aromatic heterocycles. The molecule has 0 unspecified atom stereocenters. The molecule has 0 aliphatic carbocycles. The van der Waals surface area contributed by atoms with E-state index in [0.29, 0.717) is 29.6 Å². The van der Waals surface area contributed by atoms with Gasteiger partial charge in [-0.25, -0.2) is 4.98 Å². The SMILES string of the molecule is COc1cccc(C(=O)N(Cc2ccc(C(C)C)cc2)c2ccccn2)c1. The Labute approximate surface area is 160 Å². The van der Waals surface area contributed by atoms with Gasteiger partial charge in [0.15, 0.2) is 0 Å². The molecule has 0 aliphatic rings. The van der Waals surface area contributed by atoms with Crippen LogP contribution in [0.15, 0.2) is 72.9 Å². The Bertz CT molecular complexity index is 890. The van der Waals surface area contributed by atoms with E-state index in [1.54, 1.807) is 30.3 Å². The van der Waals surface area contributed by atoms with Gasteiger partial charge in [0.1, 0.15) is 11.6 Å². The molecule has 0 spiro atoms. The Morgan fingerprint density at radius 2 is 1.81 bits per heavy atom. The van der Waals surface area contributed by atoms with Crippen molar-refractivity contribution in [2.24, 2.45) is 0 Å². The summed E-state index contributed by atoms with van der Waals surface area (Å²) in [6, 6.07) is 21.1. The third-order valence-corrected chi connectivity index (χ3v) is 4.47. The fourth-order valence-electron chi connectivity index (χ4n) is 2.87. The summed E-state index contributed by atoms with van der Waals surface area (Å²) in [6.45, 7) is 4.79. The standard InChI is InChI=1S/C23H24N2O2/c1-17(2)19-12-10-18(11-13-19)16-25(22-9-4-5-14-24-22)23(26)20-7-6-8-21(15-20)27-3/h4-15,17H,16H2,1-3H3. The first-order valence-corrected chi connectivity index (χ1v) is 9.04. The summed E-state index contributed by atoms with van der Waals surface area (Å²) in [5.74, 6) is 1.64. The lowest BCUT2D eigenvalue weighted by molar-refractivity contribution is 0.0984. The summed E-state index contributed by atoms with van der Waals surface area (Å²) in [5.41, 5.74) is 2.90. The lowest BCUT2D eigenvalue weighted by atomic mass is 10.0. The molecule has 0 saturated heterocycles. The molecule has 0 atom stereocenters. The monoisotopic (exact) mass is 360 g/mol. The molecule has 1 amide bonds. The Morgan fingerprint density at radius 3 is 2.44 bits per heavy atom. The fraction of sp³-hybridized carbons (Fsp3) is 0.217. The van der Waals surface area contributed by atoms with Crippen LogP contribution in [0.1, 0.15) is 41.3 Å². The van der Waals surface area contributed by atoms with Gasteiger partial charge in [-0.2, -0.15) is 0 Å². The van der Waals surface area contributed by atoms with Crippen LogP contribution in [-0.4, -0.2) is 18.0 Å². The van der Waals surface area contributed by atoms with Crippen molar-refractivity contribution in [1.82, 2.24) is 4.98 Å². The summed E-state index contributed by atoms with van der Waals surface area (Å²) in [5, 5.41) is 0. The van der Waals surface area contributed by atoms with Gasteiger partial charge in [0.05, 0.1) is 13.7 Å². The van der Waals surface area contributed by atoms with Crippen LogP contribution in [0.5, 0.6) is 5.75 Å². The van der Waals surface area contributed by atoms with Crippen LogP contribution in [0.4, 0.5) is 5.82 Å². The lowest BCUT2D eigenvalue weighted by Crippen LogP contribution is -2.31. The zero-order chi connectivity index (χ0) is 19.2. The first-order valence-electron chi connectivity index (χ1n) is 9.04. The smallest absolute Gasteiger partial charge is 0.259 e. The third kappa shape index (κ3) is 4.53. The zero-order valence-corrected chi connectivity index (χ0v) is 15.9. The lowest BCUT2D eigenvalue weighted by Gasteiger charge is -2.22. The highest BCUT2D eigenvalue weighted by Crippen LogP contribution is 2.21. The highest BCUT2D eigenvalue weighted by atomic mass is 16.5. The van der Waals surface area contributed by atoms with Gasteiger partial charge in [-0.3, -0.25) is 9.69 Å². The average molecular weight is 360 g/mol. The van der Waals surface area contributed by atoms with Gasteiger partial charge in [-0.05, 0) is 47.4 Å². The number of aromatic nitrogens is 1. The molecule has 0 aliphatic heterocycles. The number of amides is 1. The Morgan fingerprint density at radius 1 is 1.04 bits per heavy atom. The molecule has 27 heavy (non-hydrogen) atoms. The van der Waals surface area contributed by atoms with E-state index in [9.17, 15) is 4.79 Å². The number of carbonyl (C=O) groups excluding carboxylic acids is 1. The third-order valence-electron chi connectivity index (χ3n) is 4.47. The van der Waals surface area contributed by atoms with Crippen LogP contribution in [-0.2, 0) is 6.54 Å². The molecule has 0 radical (unpaired) electrons. The van der Waals surface area contributed by atoms with Crippen molar-refractivity contribution in [2.45, 2.75) is 26.3 Å². The maximum atomic E-state index is 13.2. The number of pyridine rings is 1. The Balaban J connectivity index is 1.92. The van der Waals surface area contributed by atoms with Crippen molar-refractivity contribution in [1.29, 1.82) is 0 Å². The minimum Gasteiger partial charge on any atom is -0.497 e. The molecule has 2 aromatic carbocycles. The van der Waals surface area contributed by atoms with E-state index in [4.69, 9.17) is 4.74 Å². The van der Waals surface area contributed by atoms with Gasteiger partial charge in [0.2, 0.25) is 0 Å². The van der Waals surface area contributed by atoms with E-state index >= 15 is 0 Å². The van der Waals surface area contributed by atoms with Crippen molar-refractivity contribution in [3.05, 3.63) is 89.6 Å². The molecular formula is C23H24N2O2. The normalized spacial score (nSPS) is 10.7. The number of hydrogen-bond donors (Lipinski definition) is 0. The van der Waals surface area contributed by atoms with Gasteiger partial charge in [0, 0.05) is 11.8 Å². The van der Waals surface area contributed by atoms with Crippen molar-refractivity contribution >= 4 is 11.7 Å². The molecular weight excluding hydrogens is 336 g/mol. The quantitative estimate of drug-likeness (QED) is 0.617. The summed E-state index contributed by atoms with van der Waals surface area (Å²) >= 11 is 0. The Hall–Kier alpha value is -3.14. The van der Waals surface area contributed by atoms with E-state index in [2.05, 4.69) is 43.1 Å². The van der Waals surface area contributed by atoms with Gasteiger partial charge < -0.3 is 4.74 Å². The van der Waals surface area contributed by atoms with Crippen LogP contribution < -0.4 is 9.64 Å². The fourth-order valence-corrected chi connectivity index (χ4v) is 2.87. The first kappa shape index (κ1) is 18.6. The molecule has 138 valence electrons. The van der Waals surface area contributed by atoms with E-state index in [1.165, 1.54) is 5.56 Å². The molecule has 0 bridgehead atoms. The number of carbonyl (C=O) groups is 1. The van der Waals surface area contributed by atoms with Crippen molar-refractivity contribution < 1.29 is 9.53 Å². The van der Waals surface area contributed by atoms with E-state index in [1.807, 2.05) is 30.3 Å². The number of ether oxygens (including phenoxy) is 1. The van der Waals surface area contributed by atoms with E-state index < -0.39 is 0 Å². The van der Waals surface area contributed by atoms with Crippen LogP contribution >= 0.6 is 0 Å². The molecule has 4 nitrogen and oxygen atoms in total. The molecule has 3 rings (SSSR count). The zero-order valence-electron chi connectivity index (χ0n) is 15.9. The van der Waals surface area contributed by atoms with E-state index in [-0.39, 0.29) is 5.91 Å². The maximum Gasteiger partial charge on any atom is 0.259 e. The van der Waals surface area contributed by atoms with Crippen molar-refractivity contribution in [3.63, 3.8) is 0 Å². The predicted octanol–water partition coefficient (Wildman–Crippen LogP) is 5.06. The van der Waals surface area contributed by atoms with Gasteiger partial charge in [-0.1, -0.05) is 50.2 Å². The molecule has 1 heterocycles. The van der Waals surface area contributed by atoms with E-state index in [0.717, 1.165) is 5.56 Å². The minimum atomic E-state index is -0.111. The second kappa shape index (κ2) is 8.49. The number of benzene rings is 2. The summed E-state index contributed by atoms with van der Waals surface area (Å²) < 4.78 is 5.26. The van der Waals surface area contributed by atoms with Crippen LogP contribution in [0.25, 0.3) is 0 Å². The highest BCUT2D eigenvalue weighted by Gasteiger charge is 2.19. The minimum absolute atomic E-state index is 0.111. The topological polar surface area (TPSA) is 42.4 Å². The van der Waals surface area contributed by atoms with Gasteiger partial charge in [0.25, 0.3) is 5.91 Å². The largest absolute Gasteiger partial charge is 0.497 e. The number of methoxy groups -OCH3 is 1. The van der Waals surface area contributed by atoms with Gasteiger partial charge in [-0.15, -0.1) is 0 Å². The van der Waals surface area contributed by atoms with Gasteiger partial charge >= 0.3 is 0 Å². The summed E-state index contributed by atoms with van der Waals surface area (Å²) in [7, 11) is 1.59. The number of nitrogens with zero attached hydrogens (tertiary/aromatic N) is 2. The average Bonchev–Trinajstić information content (AvgIpc) is 2.72. The maximum absolute atomic E-state index is 13.2. The molecule has 3 aromatic rings.